The van der Waals surface area contributed by atoms with Gasteiger partial charge in [0.05, 0.1) is 6.61 Å². The molecule has 1 aromatic carbocycles. The van der Waals surface area contributed by atoms with Gasteiger partial charge in [0.15, 0.2) is 5.82 Å². The number of nitrogens with zero attached hydrogens (tertiary/aromatic N) is 4. The van der Waals surface area contributed by atoms with Gasteiger partial charge in [-0.2, -0.15) is 0 Å². The number of aliphatic hydroxyl groups excluding tert-OH is 1. The van der Waals surface area contributed by atoms with Crippen molar-refractivity contribution in [3.8, 4) is 17.1 Å². The van der Waals surface area contributed by atoms with E-state index in [2.05, 4.69) is 15.5 Å². The second-order valence-corrected chi connectivity index (χ2v) is 3.76. The Morgan fingerprint density at radius 1 is 1.39 bits per heavy atom. The molecule has 96 valence electrons. The average molecular weight is 248 g/mol. The van der Waals surface area contributed by atoms with Crippen LogP contribution in [0.4, 0.5) is 0 Å². The van der Waals surface area contributed by atoms with Crippen molar-refractivity contribution in [2.45, 2.75) is 19.9 Å². The van der Waals surface area contributed by atoms with Gasteiger partial charge in [-0.25, -0.2) is 4.68 Å². The molecule has 2 rings (SSSR count). The van der Waals surface area contributed by atoms with Crippen LogP contribution in [0.2, 0.25) is 0 Å². The van der Waals surface area contributed by atoms with Gasteiger partial charge in [0.2, 0.25) is 0 Å². The van der Waals surface area contributed by atoms with E-state index in [1.165, 1.54) is 0 Å². The average Bonchev–Trinajstić information content (AvgIpc) is 2.85. The van der Waals surface area contributed by atoms with Crippen molar-refractivity contribution < 1.29 is 9.84 Å². The SMILES string of the molecule is CCOc1cccc(-c2nnnn2CCCO)c1. The summed E-state index contributed by atoms with van der Waals surface area (Å²) in [5.74, 6) is 1.48. The van der Waals surface area contributed by atoms with Crippen molar-refractivity contribution in [2.24, 2.45) is 0 Å². The molecule has 0 aliphatic rings. The van der Waals surface area contributed by atoms with Crippen LogP contribution in [-0.2, 0) is 6.54 Å². The molecule has 0 aliphatic heterocycles. The number of benzene rings is 1. The minimum atomic E-state index is 0.123. The van der Waals surface area contributed by atoms with Crippen LogP contribution in [0.25, 0.3) is 11.4 Å². The highest BCUT2D eigenvalue weighted by molar-refractivity contribution is 5.57. The van der Waals surface area contributed by atoms with Crippen LogP contribution in [0.1, 0.15) is 13.3 Å². The summed E-state index contributed by atoms with van der Waals surface area (Å²) in [6, 6.07) is 7.65. The second-order valence-electron chi connectivity index (χ2n) is 3.76. The smallest absolute Gasteiger partial charge is 0.182 e. The molecule has 18 heavy (non-hydrogen) atoms. The lowest BCUT2D eigenvalue weighted by Crippen LogP contribution is -2.04. The summed E-state index contributed by atoms with van der Waals surface area (Å²) in [6.45, 7) is 3.28. The van der Waals surface area contributed by atoms with Crippen LogP contribution in [0, 0.1) is 0 Å². The van der Waals surface area contributed by atoms with Crippen LogP contribution < -0.4 is 4.74 Å². The first kappa shape index (κ1) is 12.5. The van der Waals surface area contributed by atoms with E-state index in [0.29, 0.717) is 25.4 Å². The summed E-state index contributed by atoms with van der Waals surface area (Å²) in [5.41, 5.74) is 0.906. The summed E-state index contributed by atoms with van der Waals surface area (Å²) in [6.07, 6.45) is 0.628. The zero-order valence-electron chi connectivity index (χ0n) is 10.3. The Morgan fingerprint density at radius 2 is 2.28 bits per heavy atom. The van der Waals surface area contributed by atoms with Crippen molar-refractivity contribution in [1.29, 1.82) is 0 Å². The van der Waals surface area contributed by atoms with Crippen LogP contribution in [0.5, 0.6) is 5.75 Å². The van der Waals surface area contributed by atoms with Crippen LogP contribution in [0.15, 0.2) is 24.3 Å². The number of aryl methyl sites for hydroxylation is 1. The predicted molar refractivity (Wildman–Crippen MR) is 66.1 cm³/mol. The lowest BCUT2D eigenvalue weighted by molar-refractivity contribution is 0.276. The van der Waals surface area contributed by atoms with E-state index in [0.717, 1.165) is 11.3 Å². The van der Waals surface area contributed by atoms with Gasteiger partial charge in [0, 0.05) is 18.7 Å². The minimum absolute atomic E-state index is 0.123. The molecule has 0 saturated heterocycles. The molecule has 0 fully saturated rings. The fourth-order valence-electron chi connectivity index (χ4n) is 1.67. The Bertz CT molecular complexity index is 498. The molecule has 0 unspecified atom stereocenters. The van der Waals surface area contributed by atoms with Gasteiger partial charge in [-0.15, -0.1) is 5.10 Å². The Balaban J connectivity index is 2.24. The summed E-state index contributed by atoms with van der Waals surface area (Å²) < 4.78 is 7.13. The second kappa shape index (κ2) is 6.11. The third-order valence-corrected chi connectivity index (χ3v) is 2.46. The Hall–Kier alpha value is -1.95. The molecule has 1 aromatic heterocycles. The minimum Gasteiger partial charge on any atom is -0.494 e. The largest absolute Gasteiger partial charge is 0.494 e. The maximum absolute atomic E-state index is 8.84. The van der Waals surface area contributed by atoms with E-state index in [1.54, 1.807) is 4.68 Å². The number of rotatable bonds is 6. The summed E-state index contributed by atoms with van der Waals surface area (Å²) >= 11 is 0. The highest BCUT2D eigenvalue weighted by atomic mass is 16.5. The molecule has 6 nitrogen and oxygen atoms in total. The van der Waals surface area contributed by atoms with Crippen molar-refractivity contribution in [1.82, 2.24) is 20.2 Å². The monoisotopic (exact) mass is 248 g/mol. The normalized spacial score (nSPS) is 10.6. The Kier molecular flexibility index (Phi) is 4.25. The van der Waals surface area contributed by atoms with Crippen LogP contribution in [0.3, 0.4) is 0 Å². The zero-order valence-corrected chi connectivity index (χ0v) is 10.3. The summed E-state index contributed by atoms with van der Waals surface area (Å²) in [5, 5.41) is 20.4. The molecule has 0 saturated carbocycles. The first-order chi connectivity index (χ1) is 8.85. The van der Waals surface area contributed by atoms with Gasteiger partial charge < -0.3 is 9.84 Å². The Morgan fingerprint density at radius 3 is 3.06 bits per heavy atom. The van der Waals surface area contributed by atoms with Gasteiger partial charge in [-0.3, -0.25) is 0 Å². The number of ether oxygens (including phenoxy) is 1. The number of hydrogen-bond acceptors (Lipinski definition) is 5. The van der Waals surface area contributed by atoms with Crippen LogP contribution >= 0.6 is 0 Å². The number of aliphatic hydroxyl groups is 1. The molecular weight excluding hydrogens is 232 g/mol. The zero-order chi connectivity index (χ0) is 12.8. The van der Waals surface area contributed by atoms with E-state index in [-0.39, 0.29) is 6.61 Å². The molecule has 0 spiro atoms. The van der Waals surface area contributed by atoms with Gasteiger partial charge in [0.1, 0.15) is 5.75 Å². The lowest BCUT2D eigenvalue weighted by atomic mass is 10.2. The molecule has 0 radical (unpaired) electrons. The third-order valence-electron chi connectivity index (χ3n) is 2.46. The molecule has 0 atom stereocenters. The number of aromatic nitrogens is 4. The number of tetrazole rings is 1. The Labute approximate surface area is 105 Å². The maximum atomic E-state index is 8.84. The quantitative estimate of drug-likeness (QED) is 0.829. The molecule has 0 aliphatic carbocycles. The van der Waals surface area contributed by atoms with Gasteiger partial charge >= 0.3 is 0 Å². The molecule has 0 bridgehead atoms. The van der Waals surface area contributed by atoms with Gasteiger partial charge in [-0.05, 0) is 35.9 Å². The van der Waals surface area contributed by atoms with Crippen molar-refractivity contribution in [3.05, 3.63) is 24.3 Å². The van der Waals surface area contributed by atoms with Gasteiger partial charge in [0.25, 0.3) is 0 Å². The van der Waals surface area contributed by atoms with Crippen molar-refractivity contribution in [3.63, 3.8) is 0 Å². The topological polar surface area (TPSA) is 73.1 Å². The maximum Gasteiger partial charge on any atom is 0.182 e. The van der Waals surface area contributed by atoms with Crippen LogP contribution in [-0.4, -0.2) is 38.5 Å². The standard InChI is InChI=1S/C12H16N4O2/c1-2-18-11-6-3-5-10(9-11)12-13-14-15-16(12)7-4-8-17/h3,5-6,9,17H,2,4,7-8H2,1H3. The fraction of sp³-hybridized carbons (Fsp3) is 0.417. The highest BCUT2D eigenvalue weighted by Gasteiger charge is 2.09. The molecular formula is C12H16N4O2. The first-order valence-electron chi connectivity index (χ1n) is 5.95. The van der Waals surface area contributed by atoms with E-state index in [4.69, 9.17) is 9.84 Å². The molecule has 1 heterocycles. The molecule has 0 amide bonds. The van der Waals surface area contributed by atoms with Crippen molar-refractivity contribution >= 4 is 0 Å². The fourth-order valence-corrected chi connectivity index (χ4v) is 1.67. The van der Waals surface area contributed by atoms with Crippen molar-refractivity contribution in [2.75, 3.05) is 13.2 Å². The summed E-state index contributed by atoms with van der Waals surface area (Å²) in [4.78, 5) is 0. The van der Waals surface area contributed by atoms with E-state index < -0.39 is 0 Å². The lowest BCUT2D eigenvalue weighted by Gasteiger charge is -2.06. The summed E-state index contributed by atoms with van der Waals surface area (Å²) in [7, 11) is 0. The third kappa shape index (κ3) is 2.84. The molecule has 1 N–H and O–H groups in total. The first-order valence-corrected chi connectivity index (χ1v) is 5.95. The number of hydrogen-bond donors (Lipinski definition) is 1. The van der Waals surface area contributed by atoms with E-state index in [9.17, 15) is 0 Å². The highest BCUT2D eigenvalue weighted by Crippen LogP contribution is 2.21. The molecule has 6 heteroatoms. The van der Waals surface area contributed by atoms with E-state index >= 15 is 0 Å². The van der Waals surface area contributed by atoms with Gasteiger partial charge in [-0.1, -0.05) is 12.1 Å². The molecule has 2 aromatic rings. The van der Waals surface area contributed by atoms with E-state index in [1.807, 2.05) is 31.2 Å². The predicted octanol–water partition coefficient (Wildman–Crippen LogP) is 1.12.